The summed E-state index contributed by atoms with van der Waals surface area (Å²) in [5.74, 6) is 0.511. The third-order valence-corrected chi connectivity index (χ3v) is 7.13. The molecular weight excluding hydrogens is 610 g/mol. The Labute approximate surface area is 242 Å². The zero-order chi connectivity index (χ0) is 27.9. The molecule has 0 N–H and O–H groups in total. The van der Waals surface area contributed by atoms with E-state index in [1.54, 1.807) is 61.5 Å². The molecule has 0 atom stereocenters. The highest BCUT2D eigenvalue weighted by Crippen LogP contribution is 2.40. The van der Waals surface area contributed by atoms with Crippen LogP contribution in [0.5, 0.6) is 23.0 Å². The first kappa shape index (κ1) is 28.5. The average molecular weight is 633 g/mol. The monoisotopic (exact) mass is 631 g/mol. The van der Waals surface area contributed by atoms with Gasteiger partial charge >= 0.3 is 5.97 Å². The predicted octanol–water partition coefficient (Wildman–Crippen LogP) is 6.84. The second-order valence-corrected chi connectivity index (χ2v) is 10.3. The Morgan fingerprint density at radius 1 is 1.03 bits per heavy atom. The van der Waals surface area contributed by atoms with Gasteiger partial charge in [-0.15, -0.1) is 0 Å². The van der Waals surface area contributed by atoms with Crippen molar-refractivity contribution < 1.29 is 33.3 Å². The number of carbonyl (C=O) groups is 3. The molecule has 1 aliphatic rings. The zero-order valence-corrected chi connectivity index (χ0v) is 24.1. The first-order valence-corrected chi connectivity index (χ1v) is 13.7. The fourth-order valence-electron chi connectivity index (χ4n) is 3.63. The number of amides is 2. The highest BCUT2D eigenvalue weighted by molar-refractivity contribution is 9.10. The van der Waals surface area contributed by atoms with Gasteiger partial charge in [0.05, 0.1) is 35.2 Å². The normalized spacial score (nSPS) is 14.1. The summed E-state index contributed by atoms with van der Waals surface area (Å²) in [6.07, 6.45) is 1.59. The molecule has 202 valence electrons. The van der Waals surface area contributed by atoms with Crippen molar-refractivity contribution in [1.82, 2.24) is 4.90 Å². The second-order valence-electron chi connectivity index (χ2n) is 8.00. The van der Waals surface area contributed by atoms with E-state index in [9.17, 15) is 14.4 Å². The van der Waals surface area contributed by atoms with Gasteiger partial charge in [0.2, 0.25) is 0 Å². The lowest BCUT2D eigenvalue weighted by Gasteiger charge is -2.15. The van der Waals surface area contributed by atoms with E-state index in [4.69, 9.17) is 30.5 Å². The molecule has 1 fully saturated rings. The molecule has 0 aromatic heterocycles. The van der Waals surface area contributed by atoms with Gasteiger partial charge in [0, 0.05) is 5.02 Å². The number of carbonyl (C=O) groups excluding carboxylic acids is 3. The minimum atomic E-state index is -0.608. The van der Waals surface area contributed by atoms with E-state index in [-0.39, 0.29) is 35.1 Å². The van der Waals surface area contributed by atoms with Gasteiger partial charge in [0.1, 0.15) is 6.61 Å². The van der Waals surface area contributed by atoms with Crippen LogP contribution < -0.4 is 18.9 Å². The van der Waals surface area contributed by atoms with Crippen LogP contribution in [0, 0.1) is 0 Å². The Morgan fingerprint density at radius 2 is 1.79 bits per heavy atom. The van der Waals surface area contributed by atoms with Crippen LogP contribution in [0.2, 0.25) is 5.02 Å². The Kier molecular flexibility index (Phi) is 9.55. The van der Waals surface area contributed by atoms with Crippen LogP contribution in [0.15, 0.2) is 70.0 Å². The highest BCUT2D eigenvalue weighted by Gasteiger charge is 2.35. The minimum absolute atomic E-state index is 0.0757. The lowest BCUT2D eigenvalue weighted by molar-refractivity contribution is -0.123. The summed E-state index contributed by atoms with van der Waals surface area (Å²) in [4.78, 5) is 39.6. The summed E-state index contributed by atoms with van der Waals surface area (Å²) < 4.78 is 22.7. The number of ether oxygens (including phenoxy) is 4. The van der Waals surface area contributed by atoms with E-state index in [0.29, 0.717) is 33.2 Å². The van der Waals surface area contributed by atoms with E-state index in [1.807, 2.05) is 6.07 Å². The number of thioether (sulfide) groups is 1. The maximum atomic E-state index is 13.0. The van der Waals surface area contributed by atoms with Crippen molar-refractivity contribution in [2.75, 3.05) is 26.9 Å². The van der Waals surface area contributed by atoms with Crippen molar-refractivity contribution in [3.8, 4) is 23.0 Å². The molecule has 0 aliphatic carbocycles. The van der Waals surface area contributed by atoms with Crippen molar-refractivity contribution in [3.05, 3.63) is 86.2 Å². The summed E-state index contributed by atoms with van der Waals surface area (Å²) in [6, 6.07) is 16.8. The number of hydrogen-bond donors (Lipinski definition) is 0. The summed E-state index contributed by atoms with van der Waals surface area (Å²) in [6.45, 7) is 2.28. The van der Waals surface area contributed by atoms with Crippen LogP contribution in [0.1, 0.15) is 22.8 Å². The standard InChI is InChI=1S/C28H23BrClNO7S/c1-3-36-23-14-17(13-20(29)25(23)38-27(33)18-7-6-8-19(30)16-18)15-24-26(32)31(28(34)39-24)11-12-37-22-10-5-4-9-21(22)35-2/h4-10,13-16H,3,11-12H2,1-2H3/b24-15-. The lowest BCUT2D eigenvalue weighted by Crippen LogP contribution is -2.32. The molecule has 3 aromatic rings. The predicted molar refractivity (Wildman–Crippen MR) is 153 cm³/mol. The summed E-state index contributed by atoms with van der Waals surface area (Å²) >= 11 is 10.3. The summed E-state index contributed by atoms with van der Waals surface area (Å²) in [7, 11) is 1.54. The zero-order valence-electron chi connectivity index (χ0n) is 20.9. The molecular formula is C28H23BrClNO7S. The number of halogens is 2. The first-order valence-electron chi connectivity index (χ1n) is 11.8. The molecule has 2 amide bonds. The van der Waals surface area contributed by atoms with Gasteiger partial charge in [-0.3, -0.25) is 14.5 Å². The van der Waals surface area contributed by atoms with Gasteiger partial charge in [-0.2, -0.15) is 0 Å². The topological polar surface area (TPSA) is 91.4 Å². The van der Waals surface area contributed by atoms with E-state index in [0.717, 1.165) is 16.7 Å². The van der Waals surface area contributed by atoms with Crippen molar-refractivity contribution in [3.63, 3.8) is 0 Å². The van der Waals surface area contributed by atoms with Crippen molar-refractivity contribution in [2.24, 2.45) is 0 Å². The van der Waals surface area contributed by atoms with Gasteiger partial charge in [0.25, 0.3) is 11.1 Å². The molecule has 0 saturated carbocycles. The van der Waals surface area contributed by atoms with Crippen molar-refractivity contribution in [2.45, 2.75) is 6.92 Å². The number of rotatable bonds is 10. The first-order chi connectivity index (χ1) is 18.8. The molecule has 11 heteroatoms. The molecule has 3 aromatic carbocycles. The van der Waals surface area contributed by atoms with Crippen molar-refractivity contribution >= 4 is 62.5 Å². The molecule has 0 bridgehead atoms. The minimum Gasteiger partial charge on any atom is -0.493 e. The number of para-hydroxylation sites is 2. The van der Waals surface area contributed by atoms with Crippen LogP contribution in [-0.4, -0.2) is 48.9 Å². The van der Waals surface area contributed by atoms with E-state index in [2.05, 4.69) is 15.9 Å². The molecule has 0 radical (unpaired) electrons. The molecule has 39 heavy (non-hydrogen) atoms. The average Bonchev–Trinajstić information content (AvgIpc) is 3.18. The lowest BCUT2D eigenvalue weighted by atomic mass is 10.1. The van der Waals surface area contributed by atoms with Gasteiger partial charge in [-0.1, -0.05) is 29.8 Å². The molecule has 1 saturated heterocycles. The number of imide groups is 1. The van der Waals surface area contributed by atoms with E-state index >= 15 is 0 Å². The second kappa shape index (κ2) is 13.1. The molecule has 0 unspecified atom stereocenters. The third kappa shape index (κ3) is 6.95. The Hall–Kier alpha value is -3.47. The van der Waals surface area contributed by atoms with Crippen LogP contribution in [-0.2, 0) is 4.79 Å². The van der Waals surface area contributed by atoms with Crippen LogP contribution >= 0.6 is 39.3 Å². The maximum Gasteiger partial charge on any atom is 0.343 e. The van der Waals surface area contributed by atoms with Gasteiger partial charge < -0.3 is 18.9 Å². The number of esters is 1. The highest BCUT2D eigenvalue weighted by atomic mass is 79.9. The van der Waals surface area contributed by atoms with Gasteiger partial charge in [-0.05, 0) is 88.7 Å². The fraction of sp³-hybridized carbons (Fsp3) is 0.179. The maximum absolute atomic E-state index is 13.0. The van der Waals surface area contributed by atoms with Crippen molar-refractivity contribution in [1.29, 1.82) is 0 Å². The molecule has 0 spiro atoms. The van der Waals surface area contributed by atoms with Crippen LogP contribution in [0.3, 0.4) is 0 Å². The quantitative estimate of drug-likeness (QED) is 0.136. The van der Waals surface area contributed by atoms with Crippen LogP contribution in [0.4, 0.5) is 4.79 Å². The Balaban J connectivity index is 1.49. The van der Waals surface area contributed by atoms with Gasteiger partial charge in [0.15, 0.2) is 23.0 Å². The Morgan fingerprint density at radius 3 is 2.51 bits per heavy atom. The van der Waals surface area contributed by atoms with Crippen LogP contribution in [0.25, 0.3) is 6.08 Å². The number of hydrogen-bond acceptors (Lipinski definition) is 8. The third-order valence-electron chi connectivity index (χ3n) is 5.40. The number of methoxy groups -OCH3 is 1. The number of nitrogens with zero attached hydrogens (tertiary/aromatic N) is 1. The van der Waals surface area contributed by atoms with E-state index < -0.39 is 17.1 Å². The summed E-state index contributed by atoms with van der Waals surface area (Å²) in [5.41, 5.74) is 0.855. The molecule has 1 heterocycles. The van der Waals surface area contributed by atoms with E-state index in [1.165, 1.54) is 13.2 Å². The molecule has 4 rings (SSSR count). The largest absolute Gasteiger partial charge is 0.493 e. The summed E-state index contributed by atoms with van der Waals surface area (Å²) in [5, 5.41) is 0.00948. The smallest absolute Gasteiger partial charge is 0.343 e. The molecule has 1 aliphatic heterocycles. The Bertz CT molecular complexity index is 1450. The SMILES string of the molecule is CCOc1cc(/C=C2\SC(=O)N(CCOc3ccccc3OC)C2=O)cc(Br)c1OC(=O)c1cccc(Cl)c1. The fourth-order valence-corrected chi connectivity index (χ4v) is 5.23. The molecule has 8 nitrogen and oxygen atoms in total. The number of benzene rings is 3. The van der Waals surface area contributed by atoms with Gasteiger partial charge in [-0.25, -0.2) is 4.79 Å².